The predicted molar refractivity (Wildman–Crippen MR) is 69.5 cm³/mol. The second-order valence-corrected chi connectivity index (χ2v) is 4.56. The Kier molecular flexibility index (Phi) is 3.97. The summed E-state index contributed by atoms with van der Waals surface area (Å²) in [5.74, 6) is -3.55. The van der Waals surface area contributed by atoms with Crippen LogP contribution in [0.4, 0.5) is 23.2 Å². The van der Waals surface area contributed by atoms with Crippen LogP contribution in [0.15, 0.2) is 30.3 Å². The van der Waals surface area contributed by atoms with Gasteiger partial charge in [0.1, 0.15) is 11.5 Å². The average molecular weight is 283 g/mol. The van der Waals surface area contributed by atoms with Gasteiger partial charge in [-0.05, 0) is 31.5 Å². The summed E-state index contributed by atoms with van der Waals surface area (Å²) >= 11 is 0. The van der Waals surface area contributed by atoms with Crippen LogP contribution >= 0.6 is 0 Å². The fraction of sp³-hybridized carbons (Fsp3) is 0.200. The first-order valence-electron chi connectivity index (χ1n) is 6.07. The van der Waals surface area contributed by atoms with E-state index in [0.29, 0.717) is 0 Å². The highest BCUT2D eigenvalue weighted by Crippen LogP contribution is 2.27. The maximum Gasteiger partial charge on any atom is 0.164 e. The van der Waals surface area contributed by atoms with E-state index in [4.69, 9.17) is 0 Å². The topological polar surface area (TPSA) is 12.0 Å². The maximum atomic E-state index is 13.8. The number of hydrogen-bond acceptors (Lipinski definition) is 1. The molecule has 5 heteroatoms. The van der Waals surface area contributed by atoms with Crippen molar-refractivity contribution in [1.29, 1.82) is 0 Å². The fourth-order valence-corrected chi connectivity index (χ4v) is 1.94. The first-order chi connectivity index (χ1) is 9.41. The number of hydrogen-bond donors (Lipinski definition) is 1. The van der Waals surface area contributed by atoms with Crippen molar-refractivity contribution in [2.45, 2.75) is 19.9 Å². The summed E-state index contributed by atoms with van der Waals surface area (Å²) in [4.78, 5) is 0. The summed E-state index contributed by atoms with van der Waals surface area (Å²) in [5.41, 5.74) is -0.0766. The smallest absolute Gasteiger partial charge is 0.164 e. The highest BCUT2D eigenvalue weighted by atomic mass is 19.2. The zero-order valence-corrected chi connectivity index (χ0v) is 11.0. The molecule has 20 heavy (non-hydrogen) atoms. The second kappa shape index (κ2) is 5.53. The van der Waals surface area contributed by atoms with Gasteiger partial charge in [0.15, 0.2) is 17.5 Å². The van der Waals surface area contributed by atoms with Gasteiger partial charge >= 0.3 is 0 Å². The van der Waals surface area contributed by atoms with E-state index in [-0.39, 0.29) is 16.8 Å². The fourth-order valence-electron chi connectivity index (χ4n) is 1.94. The Bertz CT molecular complexity index is 640. The van der Waals surface area contributed by atoms with E-state index in [1.807, 2.05) is 0 Å². The summed E-state index contributed by atoms with van der Waals surface area (Å²) in [5, 5.41) is 2.55. The van der Waals surface area contributed by atoms with E-state index in [1.165, 1.54) is 32.0 Å². The minimum absolute atomic E-state index is 0.00491. The lowest BCUT2D eigenvalue weighted by Gasteiger charge is -2.18. The molecule has 1 N–H and O–H groups in total. The number of aryl methyl sites for hydroxylation is 1. The third-order valence-corrected chi connectivity index (χ3v) is 3.09. The van der Waals surface area contributed by atoms with Crippen LogP contribution in [0.2, 0.25) is 0 Å². The molecule has 106 valence electrons. The third kappa shape index (κ3) is 2.61. The Hall–Kier alpha value is -2.04. The lowest BCUT2D eigenvalue weighted by atomic mass is 10.1. The van der Waals surface area contributed by atoms with Crippen molar-refractivity contribution in [3.05, 3.63) is 64.7 Å². The van der Waals surface area contributed by atoms with Crippen LogP contribution in [0.3, 0.4) is 0 Å². The van der Waals surface area contributed by atoms with Crippen LogP contribution in [-0.2, 0) is 0 Å². The molecule has 0 aliphatic heterocycles. The zero-order chi connectivity index (χ0) is 14.9. The van der Waals surface area contributed by atoms with Crippen LogP contribution in [0.5, 0.6) is 0 Å². The third-order valence-electron chi connectivity index (χ3n) is 3.09. The molecule has 0 aliphatic rings. The standard InChI is InChI=1S/C15H13F4N/c1-8-6-7-12(17)15(13(8)18)20-9(2)10-4-3-5-11(16)14(10)19/h3-7,9,20H,1-2H3. The van der Waals surface area contributed by atoms with Crippen molar-refractivity contribution in [2.75, 3.05) is 5.32 Å². The van der Waals surface area contributed by atoms with Gasteiger partial charge in [-0.3, -0.25) is 0 Å². The molecule has 0 aliphatic carbocycles. The quantitative estimate of drug-likeness (QED) is 0.803. The van der Waals surface area contributed by atoms with Gasteiger partial charge in [0.2, 0.25) is 0 Å². The zero-order valence-electron chi connectivity index (χ0n) is 11.0. The Morgan fingerprint density at radius 1 is 0.900 bits per heavy atom. The number of benzene rings is 2. The summed E-state index contributed by atoms with van der Waals surface area (Å²) in [6.45, 7) is 2.99. The number of nitrogens with one attached hydrogen (secondary N) is 1. The van der Waals surface area contributed by atoms with Gasteiger partial charge < -0.3 is 5.32 Å². The van der Waals surface area contributed by atoms with Crippen molar-refractivity contribution in [3.8, 4) is 0 Å². The summed E-state index contributed by atoms with van der Waals surface area (Å²) in [6, 6.07) is 5.34. The predicted octanol–water partition coefficient (Wildman–Crippen LogP) is 4.72. The summed E-state index contributed by atoms with van der Waals surface area (Å²) < 4.78 is 54.2. The van der Waals surface area contributed by atoms with Crippen LogP contribution in [0.1, 0.15) is 24.1 Å². The number of rotatable bonds is 3. The van der Waals surface area contributed by atoms with E-state index in [9.17, 15) is 17.6 Å². The van der Waals surface area contributed by atoms with Crippen LogP contribution in [-0.4, -0.2) is 0 Å². The molecule has 0 amide bonds. The Labute approximate surface area is 114 Å². The van der Waals surface area contributed by atoms with Gasteiger partial charge in [0.25, 0.3) is 0 Å². The highest BCUT2D eigenvalue weighted by Gasteiger charge is 2.18. The molecule has 1 atom stereocenters. The molecular formula is C15H13F4N. The van der Waals surface area contributed by atoms with Crippen LogP contribution in [0, 0.1) is 30.2 Å². The lowest BCUT2D eigenvalue weighted by molar-refractivity contribution is 0.494. The van der Waals surface area contributed by atoms with E-state index in [0.717, 1.165) is 12.1 Å². The van der Waals surface area contributed by atoms with Crippen molar-refractivity contribution in [3.63, 3.8) is 0 Å². The van der Waals surface area contributed by atoms with Crippen LogP contribution < -0.4 is 5.32 Å². The van der Waals surface area contributed by atoms with Gasteiger partial charge in [-0.1, -0.05) is 18.2 Å². The van der Waals surface area contributed by atoms with E-state index in [1.54, 1.807) is 0 Å². The van der Waals surface area contributed by atoms with Gasteiger partial charge in [-0.25, -0.2) is 17.6 Å². The minimum Gasteiger partial charge on any atom is -0.374 e. The molecule has 1 nitrogen and oxygen atoms in total. The second-order valence-electron chi connectivity index (χ2n) is 4.56. The highest BCUT2D eigenvalue weighted by molar-refractivity contribution is 5.50. The summed E-state index contributed by atoms with van der Waals surface area (Å²) in [6.07, 6.45) is 0. The summed E-state index contributed by atoms with van der Waals surface area (Å²) in [7, 11) is 0. The Balaban J connectivity index is 2.35. The van der Waals surface area contributed by atoms with E-state index in [2.05, 4.69) is 5.32 Å². The Morgan fingerprint density at radius 2 is 1.60 bits per heavy atom. The first-order valence-corrected chi connectivity index (χ1v) is 6.07. The molecule has 0 fully saturated rings. The minimum atomic E-state index is -1.03. The molecule has 0 bridgehead atoms. The van der Waals surface area contributed by atoms with Gasteiger partial charge in [-0.2, -0.15) is 0 Å². The van der Waals surface area contributed by atoms with Gasteiger partial charge in [0, 0.05) is 5.56 Å². The molecule has 0 radical (unpaired) electrons. The van der Waals surface area contributed by atoms with Crippen molar-refractivity contribution >= 4 is 5.69 Å². The molecule has 2 rings (SSSR count). The molecule has 1 unspecified atom stereocenters. The van der Waals surface area contributed by atoms with Crippen LogP contribution in [0.25, 0.3) is 0 Å². The molecular weight excluding hydrogens is 270 g/mol. The van der Waals surface area contributed by atoms with E-state index >= 15 is 0 Å². The molecule has 0 aromatic heterocycles. The van der Waals surface area contributed by atoms with Crippen molar-refractivity contribution in [2.24, 2.45) is 0 Å². The molecule has 0 heterocycles. The average Bonchev–Trinajstić information content (AvgIpc) is 2.42. The van der Waals surface area contributed by atoms with Gasteiger partial charge in [-0.15, -0.1) is 0 Å². The first kappa shape index (κ1) is 14.4. The largest absolute Gasteiger partial charge is 0.374 e. The molecule has 0 saturated carbocycles. The van der Waals surface area contributed by atoms with Gasteiger partial charge in [0.05, 0.1) is 6.04 Å². The molecule has 0 spiro atoms. The molecule has 0 saturated heterocycles. The number of halogens is 4. The molecule has 2 aromatic carbocycles. The van der Waals surface area contributed by atoms with Crippen molar-refractivity contribution in [1.82, 2.24) is 0 Å². The number of anilines is 1. The maximum absolute atomic E-state index is 13.8. The lowest BCUT2D eigenvalue weighted by Crippen LogP contribution is -2.12. The van der Waals surface area contributed by atoms with E-state index < -0.39 is 29.3 Å². The monoisotopic (exact) mass is 283 g/mol. The van der Waals surface area contributed by atoms with Crippen molar-refractivity contribution < 1.29 is 17.6 Å². The SMILES string of the molecule is Cc1ccc(F)c(NC(C)c2cccc(F)c2F)c1F. The normalized spacial score (nSPS) is 12.3. The molecule has 2 aromatic rings. The Morgan fingerprint density at radius 3 is 2.30 bits per heavy atom.